The number of benzene rings is 1. The van der Waals surface area contributed by atoms with Crippen LogP contribution in [0.25, 0.3) is 21.3 Å². The zero-order valence-corrected chi connectivity index (χ0v) is 18.0. The van der Waals surface area contributed by atoms with E-state index in [1.807, 2.05) is 35.9 Å². The number of hydrogen-bond donors (Lipinski definition) is 1. The molecule has 7 nitrogen and oxygen atoms in total. The maximum Gasteiger partial charge on any atom is 0.258 e. The molecule has 3 aromatic heterocycles. The molecule has 5 rings (SSSR count). The van der Waals surface area contributed by atoms with E-state index in [1.54, 1.807) is 6.20 Å². The van der Waals surface area contributed by atoms with Crippen LogP contribution in [0.2, 0.25) is 0 Å². The van der Waals surface area contributed by atoms with Gasteiger partial charge in [0.2, 0.25) is 0 Å². The molecule has 0 aliphatic heterocycles. The molecule has 0 spiro atoms. The molecule has 0 bridgehead atoms. The number of carbonyl (C=O) groups excluding carboxylic acids is 1. The summed E-state index contributed by atoms with van der Waals surface area (Å²) in [6.45, 7) is 6.69. The molecular weight excluding hydrogens is 398 g/mol. The van der Waals surface area contributed by atoms with Gasteiger partial charge in [-0.3, -0.25) is 10.1 Å². The van der Waals surface area contributed by atoms with Crippen LogP contribution >= 0.6 is 11.3 Å². The Kier molecular flexibility index (Phi) is 4.66. The van der Waals surface area contributed by atoms with Gasteiger partial charge in [0.1, 0.15) is 5.75 Å². The number of amides is 1. The molecule has 3 heterocycles. The Morgan fingerprint density at radius 3 is 2.87 bits per heavy atom. The molecule has 1 fully saturated rings. The molecule has 0 atom stereocenters. The summed E-state index contributed by atoms with van der Waals surface area (Å²) in [7, 11) is 0. The number of fused-ring (bicyclic) bond motifs is 2. The molecule has 30 heavy (non-hydrogen) atoms. The quantitative estimate of drug-likeness (QED) is 0.466. The molecule has 8 heteroatoms. The summed E-state index contributed by atoms with van der Waals surface area (Å²) in [5.41, 5.74) is 3.18. The van der Waals surface area contributed by atoms with Gasteiger partial charge in [0.25, 0.3) is 5.91 Å². The average molecular weight is 422 g/mol. The van der Waals surface area contributed by atoms with E-state index in [4.69, 9.17) is 9.72 Å². The number of hydrogen-bond acceptors (Lipinski definition) is 6. The topological polar surface area (TPSA) is 81.9 Å². The van der Waals surface area contributed by atoms with Gasteiger partial charge in [-0.2, -0.15) is 5.10 Å². The first-order chi connectivity index (χ1) is 14.5. The second-order valence-corrected chi connectivity index (χ2v) is 8.86. The molecule has 1 aromatic carbocycles. The standard InChI is InChI=1S/C22H23N5O2S/c1-4-29-14-7-8-17-19(9-14)30-22(25-17)26-21(28)15-10-18(13-5-6-13)24-20-16(15)11-23-27(20)12(2)3/h7-13H,4-6H2,1-3H3,(H,25,26,28). The summed E-state index contributed by atoms with van der Waals surface area (Å²) in [6, 6.07) is 7.85. The number of ether oxygens (including phenoxy) is 1. The monoisotopic (exact) mass is 421 g/mol. The third-order valence-electron chi connectivity index (χ3n) is 5.21. The zero-order valence-electron chi connectivity index (χ0n) is 17.2. The van der Waals surface area contributed by atoms with E-state index >= 15 is 0 Å². The van der Waals surface area contributed by atoms with Crippen molar-refractivity contribution in [1.29, 1.82) is 0 Å². The van der Waals surface area contributed by atoms with Crippen molar-refractivity contribution in [2.24, 2.45) is 0 Å². The molecule has 0 saturated heterocycles. The number of aromatic nitrogens is 4. The molecule has 1 N–H and O–H groups in total. The summed E-state index contributed by atoms with van der Waals surface area (Å²) < 4.78 is 8.41. The van der Waals surface area contributed by atoms with E-state index in [0.717, 1.165) is 45.5 Å². The first-order valence-corrected chi connectivity index (χ1v) is 11.1. The fraction of sp³-hybridized carbons (Fsp3) is 0.364. The summed E-state index contributed by atoms with van der Waals surface area (Å²) in [6.07, 6.45) is 3.98. The third-order valence-corrected chi connectivity index (χ3v) is 6.14. The lowest BCUT2D eigenvalue weighted by atomic mass is 10.1. The van der Waals surface area contributed by atoms with Gasteiger partial charge in [-0.25, -0.2) is 14.6 Å². The normalized spacial score (nSPS) is 14.0. The average Bonchev–Trinajstić information content (AvgIpc) is 3.35. The highest BCUT2D eigenvalue weighted by atomic mass is 32.1. The van der Waals surface area contributed by atoms with Gasteiger partial charge in [0.05, 0.1) is 34.0 Å². The SMILES string of the molecule is CCOc1ccc2nc(NC(=O)c3cc(C4CC4)nc4c3cnn4C(C)C)sc2c1. The molecule has 1 saturated carbocycles. The Morgan fingerprint density at radius 1 is 1.30 bits per heavy atom. The Labute approximate surface area is 178 Å². The smallest absolute Gasteiger partial charge is 0.258 e. The van der Waals surface area contributed by atoms with Gasteiger partial charge >= 0.3 is 0 Å². The maximum absolute atomic E-state index is 13.2. The number of carbonyl (C=O) groups is 1. The first-order valence-electron chi connectivity index (χ1n) is 10.3. The van der Waals surface area contributed by atoms with Crippen LogP contribution < -0.4 is 10.1 Å². The number of nitrogens with zero attached hydrogens (tertiary/aromatic N) is 4. The Balaban J connectivity index is 1.50. The minimum Gasteiger partial charge on any atom is -0.494 e. The number of pyridine rings is 1. The van der Waals surface area contributed by atoms with Gasteiger partial charge in [-0.1, -0.05) is 11.3 Å². The Morgan fingerprint density at radius 2 is 2.13 bits per heavy atom. The van der Waals surface area contributed by atoms with Crippen molar-refractivity contribution >= 4 is 43.6 Å². The van der Waals surface area contributed by atoms with Gasteiger partial charge in [-0.05, 0) is 57.9 Å². The van der Waals surface area contributed by atoms with Crippen molar-refractivity contribution in [3.8, 4) is 5.75 Å². The lowest BCUT2D eigenvalue weighted by Gasteiger charge is -2.10. The van der Waals surface area contributed by atoms with E-state index in [-0.39, 0.29) is 11.9 Å². The molecule has 4 aromatic rings. The number of thiazole rings is 1. The maximum atomic E-state index is 13.2. The van der Waals surface area contributed by atoms with Crippen molar-refractivity contribution < 1.29 is 9.53 Å². The summed E-state index contributed by atoms with van der Waals surface area (Å²) in [5.74, 6) is 1.06. The highest BCUT2D eigenvalue weighted by molar-refractivity contribution is 7.22. The van der Waals surface area contributed by atoms with Gasteiger partial charge in [0, 0.05) is 17.7 Å². The minimum atomic E-state index is -0.184. The van der Waals surface area contributed by atoms with Crippen molar-refractivity contribution in [3.63, 3.8) is 0 Å². The van der Waals surface area contributed by atoms with Crippen LogP contribution in [0.1, 0.15) is 61.6 Å². The van der Waals surface area contributed by atoms with E-state index in [2.05, 4.69) is 29.2 Å². The second-order valence-electron chi connectivity index (χ2n) is 7.82. The zero-order chi connectivity index (χ0) is 20.8. The van der Waals surface area contributed by atoms with E-state index < -0.39 is 0 Å². The molecular formula is C22H23N5O2S. The lowest BCUT2D eigenvalue weighted by Crippen LogP contribution is -2.13. The van der Waals surface area contributed by atoms with Crippen LogP contribution in [0.5, 0.6) is 5.75 Å². The van der Waals surface area contributed by atoms with E-state index in [9.17, 15) is 4.79 Å². The lowest BCUT2D eigenvalue weighted by molar-refractivity contribution is 0.102. The van der Waals surface area contributed by atoms with Crippen LogP contribution in [0, 0.1) is 0 Å². The number of nitrogens with one attached hydrogen (secondary N) is 1. The summed E-state index contributed by atoms with van der Waals surface area (Å²) >= 11 is 1.44. The molecule has 0 radical (unpaired) electrons. The number of anilines is 1. The van der Waals surface area contributed by atoms with Crippen LogP contribution in [0.4, 0.5) is 5.13 Å². The van der Waals surface area contributed by atoms with Crippen molar-refractivity contribution in [3.05, 3.63) is 41.7 Å². The Bertz CT molecular complexity index is 1260. The fourth-order valence-electron chi connectivity index (χ4n) is 3.57. The summed E-state index contributed by atoms with van der Waals surface area (Å²) in [4.78, 5) is 22.6. The highest BCUT2D eigenvalue weighted by Crippen LogP contribution is 2.40. The van der Waals surface area contributed by atoms with Gasteiger partial charge in [-0.15, -0.1) is 0 Å². The van der Waals surface area contributed by atoms with Crippen molar-refractivity contribution in [2.75, 3.05) is 11.9 Å². The second kappa shape index (κ2) is 7.36. The molecule has 0 unspecified atom stereocenters. The van der Waals surface area contributed by atoms with Gasteiger partial charge in [0.15, 0.2) is 10.8 Å². The van der Waals surface area contributed by atoms with Gasteiger partial charge < -0.3 is 4.74 Å². The first kappa shape index (κ1) is 19.0. The van der Waals surface area contributed by atoms with E-state index in [0.29, 0.717) is 23.2 Å². The van der Waals surface area contributed by atoms with Crippen LogP contribution in [-0.4, -0.2) is 32.3 Å². The highest BCUT2D eigenvalue weighted by Gasteiger charge is 2.28. The minimum absolute atomic E-state index is 0.171. The van der Waals surface area contributed by atoms with E-state index in [1.165, 1.54) is 11.3 Å². The van der Waals surface area contributed by atoms with Crippen LogP contribution in [0.3, 0.4) is 0 Å². The third kappa shape index (κ3) is 3.41. The van der Waals surface area contributed by atoms with Crippen molar-refractivity contribution in [1.82, 2.24) is 19.7 Å². The molecule has 1 amide bonds. The summed E-state index contributed by atoms with van der Waals surface area (Å²) in [5, 5.41) is 8.79. The molecule has 1 aliphatic carbocycles. The molecule has 154 valence electrons. The predicted molar refractivity (Wildman–Crippen MR) is 119 cm³/mol. The van der Waals surface area contributed by atoms with Crippen LogP contribution in [-0.2, 0) is 0 Å². The van der Waals surface area contributed by atoms with Crippen LogP contribution in [0.15, 0.2) is 30.5 Å². The van der Waals surface area contributed by atoms with Crippen molar-refractivity contribution in [2.45, 2.75) is 45.6 Å². The molecule has 1 aliphatic rings. The predicted octanol–water partition coefficient (Wildman–Crippen LogP) is 5.15. The fourth-order valence-corrected chi connectivity index (χ4v) is 4.46. The Hall–Kier alpha value is -3.00. The number of rotatable bonds is 6. The largest absolute Gasteiger partial charge is 0.494 e.